The van der Waals surface area contributed by atoms with Crippen molar-refractivity contribution in [3.63, 3.8) is 0 Å². The first-order valence-corrected chi connectivity index (χ1v) is 8.48. The van der Waals surface area contributed by atoms with E-state index in [9.17, 15) is 0 Å². The van der Waals surface area contributed by atoms with Crippen LogP contribution >= 0.6 is 0 Å². The normalized spacial score (nSPS) is 22.4. The van der Waals surface area contributed by atoms with Crippen LogP contribution in [0, 0.1) is 17.8 Å². The van der Waals surface area contributed by atoms with Crippen LogP contribution in [0.2, 0.25) is 0 Å². The van der Waals surface area contributed by atoms with Crippen LogP contribution in [0.25, 0.3) is 0 Å². The summed E-state index contributed by atoms with van der Waals surface area (Å²) in [6, 6.07) is 0.736. The third-order valence-corrected chi connectivity index (χ3v) is 4.14. The monoisotopic (exact) mass is 283 g/mol. The minimum absolute atomic E-state index is 0.736. The number of likely N-dealkylation sites (tertiary alicyclic amines) is 1. The zero-order chi connectivity index (χ0) is 15.1. The van der Waals surface area contributed by atoms with Crippen LogP contribution in [0.5, 0.6) is 0 Å². The van der Waals surface area contributed by atoms with E-state index in [1.807, 2.05) is 0 Å². The third kappa shape index (κ3) is 7.05. The lowest BCUT2D eigenvalue weighted by Crippen LogP contribution is -2.42. The minimum atomic E-state index is 0.736. The van der Waals surface area contributed by atoms with Gasteiger partial charge in [0, 0.05) is 19.1 Å². The Labute approximate surface area is 127 Å². The van der Waals surface area contributed by atoms with Gasteiger partial charge in [-0.05, 0) is 64.3 Å². The lowest BCUT2D eigenvalue weighted by molar-refractivity contribution is 0.166. The van der Waals surface area contributed by atoms with Crippen LogP contribution < -0.4 is 5.32 Å². The minimum Gasteiger partial charge on any atom is -0.316 e. The summed E-state index contributed by atoms with van der Waals surface area (Å²) in [4.78, 5) is 5.08. The number of nitrogens with zero attached hydrogens (tertiary/aromatic N) is 2. The van der Waals surface area contributed by atoms with Gasteiger partial charge in [0.15, 0.2) is 0 Å². The molecule has 2 atom stereocenters. The molecule has 1 saturated heterocycles. The molecular weight excluding hydrogens is 246 g/mol. The van der Waals surface area contributed by atoms with E-state index in [0.717, 1.165) is 30.3 Å². The second-order valence-corrected chi connectivity index (χ2v) is 7.75. The van der Waals surface area contributed by atoms with Crippen molar-refractivity contribution in [2.45, 2.75) is 46.6 Å². The molecule has 1 N–H and O–H groups in total. The molecular formula is C17H37N3. The Morgan fingerprint density at radius 3 is 2.40 bits per heavy atom. The van der Waals surface area contributed by atoms with Gasteiger partial charge < -0.3 is 10.2 Å². The molecule has 0 amide bonds. The highest BCUT2D eigenvalue weighted by Crippen LogP contribution is 2.22. The first kappa shape index (κ1) is 17.9. The summed E-state index contributed by atoms with van der Waals surface area (Å²) in [7, 11) is 4.40. The van der Waals surface area contributed by atoms with Gasteiger partial charge in [-0.1, -0.05) is 27.7 Å². The van der Waals surface area contributed by atoms with Crippen molar-refractivity contribution in [1.29, 1.82) is 0 Å². The standard InChI is InChI=1S/C17H37N3/c1-14(2)9-17(13-19(5)6)20-8-7-16(12-20)11-18-10-15(3)4/h14-18H,7-13H2,1-6H3. The fraction of sp³-hybridized carbons (Fsp3) is 1.00. The van der Waals surface area contributed by atoms with Gasteiger partial charge in [-0.2, -0.15) is 0 Å². The Kier molecular flexibility index (Phi) is 8.08. The fourth-order valence-corrected chi connectivity index (χ4v) is 3.24. The Balaban J connectivity index is 2.37. The van der Waals surface area contributed by atoms with Gasteiger partial charge in [-0.15, -0.1) is 0 Å². The number of nitrogens with one attached hydrogen (secondary N) is 1. The quantitative estimate of drug-likeness (QED) is 0.701. The molecule has 1 fully saturated rings. The second kappa shape index (κ2) is 9.01. The molecule has 120 valence electrons. The van der Waals surface area contributed by atoms with Crippen LogP contribution in [0.1, 0.15) is 40.5 Å². The van der Waals surface area contributed by atoms with Gasteiger partial charge in [0.25, 0.3) is 0 Å². The molecule has 1 aliphatic rings. The van der Waals surface area contributed by atoms with E-state index < -0.39 is 0 Å². The molecule has 0 aliphatic carbocycles. The lowest BCUT2D eigenvalue weighted by Gasteiger charge is -2.31. The van der Waals surface area contributed by atoms with E-state index in [4.69, 9.17) is 0 Å². The second-order valence-electron chi connectivity index (χ2n) is 7.75. The molecule has 1 aliphatic heterocycles. The lowest BCUT2D eigenvalue weighted by atomic mass is 10.0. The van der Waals surface area contributed by atoms with Crippen LogP contribution in [0.15, 0.2) is 0 Å². The molecule has 0 spiro atoms. The summed E-state index contributed by atoms with van der Waals surface area (Å²) in [5, 5.41) is 3.63. The molecule has 3 heteroatoms. The molecule has 0 saturated carbocycles. The maximum atomic E-state index is 3.63. The molecule has 0 aromatic carbocycles. The van der Waals surface area contributed by atoms with Crippen molar-refractivity contribution < 1.29 is 0 Å². The zero-order valence-electron chi connectivity index (χ0n) is 14.7. The van der Waals surface area contributed by atoms with E-state index in [2.05, 4.69) is 56.9 Å². The van der Waals surface area contributed by atoms with Crippen molar-refractivity contribution in [3.05, 3.63) is 0 Å². The number of hydrogen-bond donors (Lipinski definition) is 1. The number of likely N-dealkylation sites (N-methyl/N-ethyl adjacent to an activating group) is 1. The van der Waals surface area contributed by atoms with Gasteiger partial charge in [0.1, 0.15) is 0 Å². The maximum absolute atomic E-state index is 3.63. The molecule has 3 nitrogen and oxygen atoms in total. The average Bonchev–Trinajstić information content (AvgIpc) is 2.75. The SMILES string of the molecule is CC(C)CNCC1CCN(C(CC(C)C)CN(C)C)C1. The molecule has 1 rings (SSSR count). The van der Waals surface area contributed by atoms with Gasteiger partial charge in [-0.3, -0.25) is 4.90 Å². The van der Waals surface area contributed by atoms with E-state index in [0.29, 0.717) is 0 Å². The van der Waals surface area contributed by atoms with Gasteiger partial charge >= 0.3 is 0 Å². The Bertz CT molecular complexity index is 241. The Hall–Kier alpha value is -0.120. The van der Waals surface area contributed by atoms with Gasteiger partial charge in [-0.25, -0.2) is 0 Å². The number of hydrogen-bond acceptors (Lipinski definition) is 3. The van der Waals surface area contributed by atoms with E-state index in [-0.39, 0.29) is 0 Å². The van der Waals surface area contributed by atoms with Crippen LogP contribution in [0.3, 0.4) is 0 Å². The smallest absolute Gasteiger partial charge is 0.0225 e. The number of rotatable bonds is 9. The highest BCUT2D eigenvalue weighted by molar-refractivity contribution is 4.84. The molecule has 0 aromatic rings. The molecule has 0 bridgehead atoms. The Morgan fingerprint density at radius 2 is 1.85 bits per heavy atom. The van der Waals surface area contributed by atoms with Crippen molar-refractivity contribution in [2.75, 3.05) is 46.8 Å². The van der Waals surface area contributed by atoms with E-state index >= 15 is 0 Å². The highest BCUT2D eigenvalue weighted by Gasteiger charge is 2.28. The summed E-state index contributed by atoms with van der Waals surface area (Å²) < 4.78 is 0. The third-order valence-electron chi connectivity index (χ3n) is 4.14. The molecule has 2 unspecified atom stereocenters. The van der Waals surface area contributed by atoms with E-state index in [1.54, 1.807) is 0 Å². The zero-order valence-corrected chi connectivity index (χ0v) is 14.7. The predicted molar refractivity (Wildman–Crippen MR) is 89.2 cm³/mol. The first-order valence-electron chi connectivity index (χ1n) is 8.48. The van der Waals surface area contributed by atoms with Gasteiger partial charge in [0.2, 0.25) is 0 Å². The van der Waals surface area contributed by atoms with E-state index in [1.165, 1.54) is 39.0 Å². The average molecular weight is 284 g/mol. The van der Waals surface area contributed by atoms with Crippen molar-refractivity contribution in [1.82, 2.24) is 15.1 Å². The van der Waals surface area contributed by atoms with Crippen molar-refractivity contribution in [3.8, 4) is 0 Å². The largest absolute Gasteiger partial charge is 0.316 e. The maximum Gasteiger partial charge on any atom is 0.0225 e. The molecule has 0 radical (unpaired) electrons. The highest BCUT2D eigenvalue weighted by atomic mass is 15.2. The summed E-state index contributed by atoms with van der Waals surface area (Å²) in [5.41, 5.74) is 0. The molecule has 0 aromatic heterocycles. The van der Waals surface area contributed by atoms with Gasteiger partial charge in [0.05, 0.1) is 0 Å². The first-order chi connectivity index (χ1) is 9.38. The van der Waals surface area contributed by atoms with Crippen molar-refractivity contribution >= 4 is 0 Å². The fourth-order valence-electron chi connectivity index (χ4n) is 3.24. The summed E-state index contributed by atoms with van der Waals surface area (Å²) in [6.45, 7) is 15.4. The Morgan fingerprint density at radius 1 is 1.15 bits per heavy atom. The van der Waals surface area contributed by atoms with Crippen molar-refractivity contribution in [2.24, 2.45) is 17.8 Å². The molecule has 1 heterocycles. The van der Waals surface area contributed by atoms with Crippen LogP contribution in [-0.2, 0) is 0 Å². The van der Waals surface area contributed by atoms with Crippen LogP contribution in [-0.4, -0.2) is 62.7 Å². The summed E-state index contributed by atoms with van der Waals surface area (Å²) in [5.74, 6) is 2.40. The predicted octanol–water partition coefficient (Wildman–Crippen LogP) is 2.53. The van der Waals surface area contributed by atoms with Crippen LogP contribution in [0.4, 0.5) is 0 Å². The topological polar surface area (TPSA) is 18.5 Å². The summed E-state index contributed by atoms with van der Waals surface area (Å²) in [6.07, 6.45) is 2.69. The summed E-state index contributed by atoms with van der Waals surface area (Å²) >= 11 is 0. The molecule has 20 heavy (non-hydrogen) atoms.